The van der Waals surface area contributed by atoms with E-state index < -0.39 is 0 Å². The first kappa shape index (κ1) is 9.52. The van der Waals surface area contributed by atoms with Crippen LogP contribution < -0.4 is 5.73 Å². The third kappa shape index (κ3) is 2.07. The highest BCUT2D eigenvalue weighted by atomic mass is 127. The average molecular weight is 295 g/mol. The predicted octanol–water partition coefficient (Wildman–Crippen LogP) is 3.54. The van der Waals surface area contributed by atoms with Gasteiger partial charge in [-0.05, 0) is 58.0 Å². The molecule has 2 aromatic carbocycles. The molecule has 0 aromatic heterocycles. The molecule has 0 aliphatic carbocycles. The number of halogens is 1. The van der Waals surface area contributed by atoms with Crippen molar-refractivity contribution in [1.82, 2.24) is 0 Å². The molecule has 0 bridgehead atoms. The average Bonchev–Trinajstić information content (AvgIpc) is 2.19. The number of anilines is 1. The van der Waals surface area contributed by atoms with E-state index in [9.17, 15) is 0 Å². The Morgan fingerprint density at radius 2 is 1.57 bits per heavy atom. The van der Waals surface area contributed by atoms with Crippen LogP contribution >= 0.6 is 22.6 Å². The van der Waals surface area contributed by atoms with E-state index in [0.29, 0.717) is 0 Å². The van der Waals surface area contributed by atoms with E-state index >= 15 is 0 Å². The van der Waals surface area contributed by atoms with Crippen LogP contribution in [0.1, 0.15) is 0 Å². The lowest BCUT2D eigenvalue weighted by molar-refractivity contribution is 1.59. The van der Waals surface area contributed by atoms with Gasteiger partial charge in [0.2, 0.25) is 0 Å². The van der Waals surface area contributed by atoms with Crippen LogP contribution in [-0.4, -0.2) is 0 Å². The van der Waals surface area contributed by atoms with Crippen LogP contribution in [0.2, 0.25) is 0 Å². The summed E-state index contributed by atoms with van der Waals surface area (Å²) in [7, 11) is 0. The van der Waals surface area contributed by atoms with Crippen LogP contribution in [0.25, 0.3) is 11.1 Å². The number of hydrogen-bond acceptors (Lipinski definition) is 1. The first-order chi connectivity index (χ1) is 6.75. The molecule has 0 saturated carbocycles. The number of hydrogen-bond donors (Lipinski definition) is 1. The van der Waals surface area contributed by atoms with Crippen LogP contribution in [0.5, 0.6) is 0 Å². The SMILES string of the molecule is Nc1cccc(-c2ccc(I)cc2)c1. The maximum atomic E-state index is 5.72. The fourth-order valence-corrected chi connectivity index (χ4v) is 1.72. The summed E-state index contributed by atoms with van der Waals surface area (Å²) in [5.74, 6) is 0. The van der Waals surface area contributed by atoms with Crippen molar-refractivity contribution in [3.8, 4) is 11.1 Å². The maximum Gasteiger partial charge on any atom is 0.0320 e. The maximum absolute atomic E-state index is 5.72. The summed E-state index contributed by atoms with van der Waals surface area (Å²) >= 11 is 2.30. The van der Waals surface area contributed by atoms with Crippen molar-refractivity contribution < 1.29 is 0 Å². The van der Waals surface area contributed by atoms with Crippen molar-refractivity contribution in [1.29, 1.82) is 0 Å². The summed E-state index contributed by atoms with van der Waals surface area (Å²) in [5, 5.41) is 0. The molecule has 0 heterocycles. The van der Waals surface area contributed by atoms with Gasteiger partial charge in [0.05, 0.1) is 0 Å². The summed E-state index contributed by atoms with van der Waals surface area (Å²) in [6.07, 6.45) is 0. The molecule has 0 atom stereocenters. The minimum absolute atomic E-state index is 0.807. The summed E-state index contributed by atoms with van der Waals surface area (Å²) in [6.45, 7) is 0. The van der Waals surface area contributed by atoms with Crippen molar-refractivity contribution in [2.45, 2.75) is 0 Å². The molecule has 0 saturated heterocycles. The lowest BCUT2D eigenvalue weighted by Crippen LogP contribution is -1.84. The molecular weight excluding hydrogens is 285 g/mol. The Morgan fingerprint density at radius 3 is 2.21 bits per heavy atom. The van der Waals surface area contributed by atoms with E-state index in [1.807, 2.05) is 18.2 Å². The van der Waals surface area contributed by atoms with E-state index in [1.165, 1.54) is 14.7 Å². The van der Waals surface area contributed by atoms with E-state index in [-0.39, 0.29) is 0 Å². The van der Waals surface area contributed by atoms with Gasteiger partial charge in [-0.2, -0.15) is 0 Å². The van der Waals surface area contributed by atoms with Gasteiger partial charge in [0.15, 0.2) is 0 Å². The Labute approximate surface area is 97.1 Å². The minimum Gasteiger partial charge on any atom is -0.399 e. The lowest BCUT2D eigenvalue weighted by Gasteiger charge is -2.02. The predicted molar refractivity (Wildman–Crippen MR) is 69.0 cm³/mol. The highest BCUT2D eigenvalue weighted by Gasteiger charge is 1.96. The third-order valence-electron chi connectivity index (χ3n) is 2.06. The van der Waals surface area contributed by atoms with Gasteiger partial charge in [-0.25, -0.2) is 0 Å². The number of nitrogens with two attached hydrogens (primary N) is 1. The first-order valence-electron chi connectivity index (χ1n) is 4.37. The van der Waals surface area contributed by atoms with Gasteiger partial charge in [-0.1, -0.05) is 24.3 Å². The molecule has 2 rings (SSSR count). The van der Waals surface area contributed by atoms with Crippen molar-refractivity contribution in [3.05, 3.63) is 52.1 Å². The topological polar surface area (TPSA) is 26.0 Å². The molecule has 0 aliphatic heterocycles. The first-order valence-corrected chi connectivity index (χ1v) is 5.45. The second kappa shape index (κ2) is 4.00. The fraction of sp³-hybridized carbons (Fsp3) is 0. The number of rotatable bonds is 1. The Kier molecular flexibility index (Phi) is 2.72. The molecular formula is C12H10IN. The molecule has 0 amide bonds. The van der Waals surface area contributed by atoms with Gasteiger partial charge in [0.25, 0.3) is 0 Å². The second-order valence-electron chi connectivity index (χ2n) is 3.13. The summed E-state index contributed by atoms with van der Waals surface area (Å²) in [6, 6.07) is 16.3. The monoisotopic (exact) mass is 295 g/mol. The number of nitrogen functional groups attached to an aromatic ring is 1. The highest BCUT2D eigenvalue weighted by Crippen LogP contribution is 2.21. The smallest absolute Gasteiger partial charge is 0.0320 e. The summed E-state index contributed by atoms with van der Waals surface area (Å²) in [5.41, 5.74) is 8.91. The zero-order valence-electron chi connectivity index (χ0n) is 7.57. The molecule has 70 valence electrons. The van der Waals surface area contributed by atoms with E-state index in [4.69, 9.17) is 5.73 Å². The Morgan fingerprint density at radius 1 is 0.857 bits per heavy atom. The minimum atomic E-state index is 0.807. The van der Waals surface area contributed by atoms with Crippen LogP contribution in [0.15, 0.2) is 48.5 Å². The molecule has 0 unspecified atom stereocenters. The molecule has 0 spiro atoms. The van der Waals surface area contributed by atoms with E-state index in [2.05, 4.69) is 52.9 Å². The molecule has 0 aliphatic rings. The van der Waals surface area contributed by atoms with Crippen molar-refractivity contribution in [2.75, 3.05) is 5.73 Å². The van der Waals surface area contributed by atoms with Crippen molar-refractivity contribution in [2.24, 2.45) is 0 Å². The van der Waals surface area contributed by atoms with Crippen LogP contribution in [0.3, 0.4) is 0 Å². The third-order valence-corrected chi connectivity index (χ3v) is 2.78. The van der Waals surface area contributed by atoms with Gasteiger partial charge < -0.3 is 5.73 Å². The molecule has 2 N–H and O–H groups in total. The highest BCUT2D eigenvalue weighted by molar-refractivity contribution is 14.1. The van der Waals surface area contributed by atoms with Crippen LogP contribution in [0, 0.1) is 3.57 Å². The van der Waals surface area contributed by atoms with Gasteiger partial charge in [0, 0.05) is 9.26 Å². The normalized spacial score (nSPS) is 10.1. The molecule has 2 aromatic rings. The number of benzene rings is 2. The summed E-state index contributed by atoms with van der Waals surface area (Å²) in [4.78, 5) is 0. The Balaban J connectivity index is 2.44. The van der Waals surface area contributed by atoms with Gasteiger partial charge in [-0.3, -0.25) is 0 Å². The van der Waals surface area contributed by atoms with Crippen LogP contribution in [0.4, 0.5) is 5.69 Å². The standard InChI is InChI=1S/C12H10IN/c13-11-6-4-9(5-7-11)10-2-1-3-12(14)8-10/h1-8H,14H2. The largest absolute Gasteiger partial charge is 0.399 e. The second-order valence-corrected chi connectivity index (χ2v) is 4.38. The zero-order valence-corrected chi connectivity index (χ0v) is 9.73. The van der Waals surface area contributed by atoms with Crippen molar-refractivity contribution >= 4 is 28.3 Å². The Hall–Kier alpha value is -1.03. The van der Waals surface area contributed by atoms with E-state index in [0.717, 1.165) is 5.69 Å². The van der Waals surface area contributed by atoms with Crippen molar-refractivity contribution in [3.63, 3.8) is 0 Å². The molecule has 14 heavy (non-hydrogen) atoms. The van der Waals surface area contributed by atoms with Crippen LogP contribution in [-0.2, 0) is 0 Å². The quantitative estimate of drug-likeness (QED) is 0.632. The Bertz CT molecular complexity index is 434. The van der Waals surface area contributed by atoms with Gasteiger partial charge >= 0.3 is 0 Å². The molecule has 0 fully saturated rings. The lowest BCUT2D eigenvalue weighted by atomic mass is 10.1. The molecule has 1 nitrogen and oxygen atoms in total. The van der Waals surface area contributed by atoms with Gasteiger partial charge in [-0.15, -0.1) is 0 Å². The summed E-state index contributed by atoms with van der Waals surface area (Å²) < 4.78 is 1.25. The van der Waals surface area contributed by atoms with Gasteiger partial charge in [0.1, 0.15) is 0 Å². The van der Waals surface area contributed by atoms with E-state index in [1.54, 1.807) is 0 Å². The zero-order chi connectivity index (χ0) is 9.97. The molecule has 2 heteroatoms. The fourth-order valence-electron chi connectivity index (χ4n) is 1.36. The molecule has 0 radical (unpaired) electrons.